The number of hydrogen-bond donors (Lipinski definition) is 0. The van der Waals surface area contributed by atoms with Gasteiger partial charge in [-0.2, -0.15) is 0 Å². The maximum atomic E-state index is 13.9. The number of hydrogen-bond acceptors (Lipinski definition) is 4. The number of nitrogens with zero attached hydrogens (tertiary/aromatic N) is 2. The molecule has 0 saturated carbocycles. The van der Waals surface area contributed by atoms with E-state index in [9.17, 15) is 9.18 Å². The molecule has 0 aromatic heterocycles. The highest BCUT2D eigenvalue weighted by Gasteiger charge is 2.28. The van der Waals surface area contributed by atoms with Crippen molar-refractivity contribution in [2.24, 2.45) is 0 Å². The molecular formula is C23H29FN2O3. The minimum absolute atomic E-state index is 0.0269. The molecule has 2 aromatic carbocycles. The van der Waals surface area contributed by atoms with E-state index in [1.807, 2.05) is 19.1 Å². The van der Waals surface area contributed by atoms with Crippen LogP contribution in [0.3, 0.4) is 0 Å². The predicted molar refractivity (Wildman–Crippen MR) is 111 cm³/mol. The van der Waals surface area contributed by atoms with E-state index >= 15 is 0 Å². The molecule has 1 aliphatic rings. The van der Waals surface area contributed by atoms with Gasteiger partial charge in [0.25, 0.3) is 0 Å². The first kappa shape index (κ1) is 21.1. The quantitative estimate of drug-likeness (QED) is 0.671. The lowest BCUT2D eigenvalue weighted by Crippen LogP contribution is -2.37. The third-order valence-electron chi connectivity index (χ3n) is 5.34. The summed E-state index contributed by atoms with van der Waals surface area (Å²) in [7, 11) is 3.19. The van der Waals surface area contributed by atoms with Gasteiger partial charge in [0.15, 0.2) is 11.6 Å². The monoisotopic (exact) mass is 400 g/mol. The van der Waals surface area contributed by atoms with Gasteiger partial charge in [0.2, 0.25) is 5.91 Å². The van der Waals surface area contributed by atoms with Crippen molar-refractivity contribution in [3.63, 3.8) is 0 Å². The number of ether oxygens (including phenoxy) is 2. The predicted octanol–water partition coefficient (Wildman–Crippen LogP) is 4.03. The summed E-state index contributed by atoms with van der Waals surface area (Å²) in [4.78, 5) is 16.6. The van der Waals surface area contributed by atoms with Crippen molar-refractivity contribution in [1.29, 1.82) is 0 Å². The average Bonchev–Trinajstić information content (AvgIpc) is 3.17. The van der Waals surface area contributed by atoms with E-state index < -0.39 is 5.82 Å². The van der Waals surface area contributed by atoms with E-state index in [-0.39, 0.29) is 17.7 Å². The second kappa shape index (κ2) is 9.74. The van der Waals surface area contributed by atoms with E-state index in [2.05, 4.69) is 17.0 Å². The number of carbonyl (C=O) groups excluding carboxylic acids is 1. The highest BCUT2D eigenvalue weighted by Crippen LogP contribution is 2.32. The molecule has 0 bridgehead atoms. The fraction of sp³-hybridized carbons (Fsp3) is 0.435. The summed E-state index contributed by atoms with van der Waals surface area (Å²) < 4.78 is 24.4. The zero-order valence-electron chi connectivity index (χ0n) is 17.4. The number of rotatable bonds is 8. The van der Waals surface area contributed by atoms with Crippen LogP contribution >= 0.6 is 0 Å². The Morgan fingerprint density at radius 1 is 1.24 bits per heavy atom. The van der Waals surface area contributed by atoms with Crippen LogP contribution in [0.4, 0.5) is 4.39 Å². The second-order valence-electron chi connectivity index (χ2n) is 7.35. The van der Waals surface area contributed by atoms with Gasteiger partial charge in [-0.05, 0) is 61.7 Å². The molecule has 29 heavy (non-hydrogen) atoms. The van der Waals surface area contributed by atoms with Gasteiger partial charge in [-0.15, -0.1) is 0 Å². The SMILES string of the molecule is CCOc1ccc(C2CCCN2CC(=O)N(C)Cc2ccc(OC)c(F)c2)cc1. The van der Waals surface area contributed by atoms with E-state index in [4.69, 9.17) is 9.47 Å². The third-order valence-corrected chi connectivity index (χ3v) is 5.34. The molecule has 0 N–H and O–H groups in total. The van der Waals surface area contributed by atoms with Gasteiger partial charge in [0, 0.05) is 19.6 Å². The number of amides is 1. The second-order valence-corrected chi connectivity index (χ2v) is 7.35. The first-order valence-electron chi connectivity index (χ1n) is 10.0. The molecule has 156 valence electrons. The summed E-state index contributed by atoms with van der Waals surface area (Å²) >= 11 is 0. The molecule has 1 unspecified atom stereocenters. The molecule has 1 saturated heterocycles. The average molecular weight is 400 g/mol. The Bertz CT molecular complexity index is 825. The van der Waals surface area contributed by atoms with Crippen molar-refractivity contribution in [2.45, 2.75) is 32.4 Å². The van der Waals surface area contributed by atoms with Crippen LogP contribution in [0.15, 0.2) is 42.5 Å². The summed E-state index contributed by atoms with van der Waals surface area (Å²) in [6.07, 6.45) is 2.10. The first-order valence-corrected chi connectivity index (χ1v) is 10.0. The molecule has 0 spiro atoms. The van der Waals surface area contributed by atoms with Crippen LogP contribution in [0.5, 0.6) is 11.5 Å². The summed E-state index contributed by atoms with van der Waals surface area (Å²) in [5.74, 6) is 0.682. The number of benzene rings is 2. The van der Waals surface area contributed by atoms with Gasteiger partial charge in [0.1, 0.15) is 5.75 Å². The molecule has 1 fully saturated rings. The van der Waals surface area contributed by atoms with Crippen molar-refractivity contribution >= 4 is 5.91 Å². The van der Waals surface area contributed by atoms with Crippen LogP contribution < -0.4 is 9.47 Å². The number of carbonyl (C=O) groups is 1. The highest BCUT2D eigenvalue weighted by molar-refractivity contribution is 5.78. The van der Waals surface area contributed by atoms with Gasteiger partial charge >= 0.3 is 0 Å². The minimum atomic E-state index is -0.416. The number of likely N-dealkylation sites (N-methyl/N-ethyl adjacent to an activating group) is 1. The number of likely N-dealkylation sites (tertiary alicyclic amines) is 1. The van der Waals surface area contributed by atoms with E-state index in [0.717, 1.165) is 30.7 Å². The molecular weight excluding hydrogens is 371 g/mol. The third kappa shape index (κ3) is 5.26. The molecule has 3 rings (SSSR count). The van der Waals surface area contributed by atoms with Crippen LogP contribution in [0.2, 0.25) is 0 Å². The maximum absolute atomic E-state index is 13.9. The molecule has 1 aliphatic heterocycles. The Balaban J connectivity index is 1.60. The summed E-state index contributed by atoms with van der Waals surface area (Å²) in [5, 5.41) is 0. The van der Waals surface area contributed by atoms with Gasteiger partial charge in [-0.25, -0.2) is 4.39 Å². The molecule has 1 amide bonds. The van der Waals surface area contributed by atoms with Crippen molar-refractivity contribution in [3.05, 3.63) is 59.4 Å². The lowest BCUT2D eigenvalue weighted by atomic mass is 10.0. The molecule has 0 aliphatic carbocycles. The van der Waals surface area contributed by atoms with Gasteiger partial charge in [-0.1, -0.05) is 18.2 Å². The Morgan fingerprint density at radius 3 is 2.66 bits per heavy atom. The van der Waals surface area contributed by atoms with Crippen molar-refractivity contribution in [3.8, 4) is 11.5 Å². The lowest BCUT2D eigenvalue weighted by molar-refractivity contribution is -0.131. The summed E-state index contributed by atoms with van der Waals surface area (Å²) in [5.41, 5.74) is 1.95. The van der Waals surface area contributed by atoms with Gasteiger partial charge in [-0.3, -0.25) is 9.69 Å². The first-order chi connectivity index (χ1) is 14.0. The van der Waals surface area contributed by atoms with Crippen molar-refractivity contribution in [1.82, 2.24) is 9.80 Å². The molecule has 0 radical (unpaired) electrons. The van der Waals surface area contributed by atoms with Crippen LogP contribution in [0, 0.1) is 5.82 Å². The fourth-order valence-corrected chi connectivity index (χ4v) is 3.81. The van der Waals surface area contributed by atoms with Crippen LogP contribution in [0.25, 0.3) is 0 Å². The molecule has 1 heterocycles. The fourth-order valence-electron chi connectivity index (χ4n) is 3.81. The van der Waals surface area contributed by atoms with Crippen molar-refractivity contribution < 1.29 is 18.7 Å². The Labute approximate surface area is 172 Å². The Kier molecular flexibility index (Phi) is 7.09. The largest absolute Gasteiger partial charge is 0.494 e. The molecule has 1 atom stereocenters. The highest BCUT2D eigenvalue weighted by atomic mass is 19.1. The van der Waals surface area contributed by atoms with Gasteiger partial charge < -0.3 is 14.4 Å². The smallest absolute Gasteiger partial charge is 0.236 e. The standard InChI is InChI=1S/C23H29FN2O3/c1-4-29-19-10-8-18(9-11-19)21-6-5-13-26(21)16-23(27)25(2)15-17-7-12-22(28-3)20(24)14-17/h7-12,14,21H,4-6,13,15-16H2,1-3H3. The maximum Gasteiger partial charge on any atom is 0.236 e. The Morgan fingerprint density at radius 2 is 2.00 bits per heavy atom. The van der Waals surface area contributed by atoms with Crippen LogP contribution in [-0.4, -0.2) is 49.6 Å². The van der Waals surface area contributed by atoms with Crippen LogP contribution in [-0.2, 0) is 11.3 Å². The topological polar surface area (TPSA) is 42.0 Å². The number of methoxy groups -OCH3 is 1. The van der Waals surface area contributed by atoms with E-state index in [1.165, 1.54) is 18.7 Å². The van der Waals surface area contributed by atoms with Crippen LogP contribution in [0.1, 0.15) is 36.9 Å². The van der Waals surface area contributed by atoms with E-state index in [1.54, 1.807) is 24.1 Å². The van der Waals surface area contributed by atoms with Gasteiger partial charge in [0.05, 0.1) is 20.3 Å². The molecule has 5 nitrogen and oxygen atoms in total. The van der Waals surface area contributed by atoms with Crippen molar-refractivity contribution in [2.75, 3.05) is 33.9 Å². The zero-order valence-corrected chi connectivity index (χ0v) is 17.4. The normalized spacial score (nSPS) is 16.6. The zero-order chi connectivity index (χ0) is 20.8. The summed E-state index contributed by atoms with van der Waals surface area (Å²) in [6, 6.07) is 13.2. The lowest BCUT2D eigenvalue weighted by Gasteiger charge is -2.27. The minimum Gasteiger partial charge on any atom is -0.494 e. The molecule has 6 heteroatoms. The number of halogens is 1. The van der Waals surface area contributed by atoms with E-state index in [0.29, 0.717) is 19.7 Å². The Hall–Kier alpha value is -2.60. The molecule has 2 aromatic rings. The summed E-state index contributed by atoms with van der Waals surface area (Å²) in [6.45, 7) is 4.23.